The minimum atomic E-state index is -5.08. The first-order valence-corrected chi connectivity index (χ1v) is 10.4. The normalized spacial score (nSPS) is 15.7. The van der Waals surface area contributed by atoms with Crippen LogP contribution in [0.3, 0.4) is 0 Å². The van der Waals surface area contributed by atoms with Crippen molar-refractivity contribution >= 4 is 29.0 Å². The Hall–Kier alpha value is -3.25. The summed E-state index contributed by atoms with van der Waals surface area (Å²) in [6.45, 7) is 2.94. The van der Waals surface area contributed by atoms with Gasteiger partial charge in [-0.05, 0) is 50.6 Å². The molecule has 3 aromatic heterocycles. The summed E-state index contributed by atoms with van der Waals surface area (Å²) >= 11 is 1.55. The lowest BCUT2D eigenvalue weighted by Gasteiger charge is -2.08. The maximum atomic E-state index is 12.7. The smallest absolute Gasteiger partial charge is 0.475 e. The van der Waals surface area contributed by atoms with Gasteiger partial charge in [-0.25, -0.2) is 9.78 Å². The Morgan fingerprint density at radius 3 is 2.62 bits per heavy atom. The van der Waals surface area contributed by atoms with Crippen molar-refractivity contribution in [1.29, 1.82) is 0 Å². The highest BCUT2D eigenvalue weighted by Gasteiger charge is 2.38. The molecule has 3 aromatic rings. The highest BCUT2D eigenvalue weighted by Crippen LogP contribution is 2.29. The Bertz CT molecular complexity index is 1080. The lowest BCUT2D eigenvalue weighted by Crippen LogP contribution is -2.21. The third-order valence-corrected chi connectivity index (χ3v) is 5.63. The Kier molecular flexibility index (Phi) is 7.26. The maximum absolute atomic E-state index is 12.7. The van der Waals surface area contributed by atoms with Crippen molar-refractivity contribution in [3.8, 4) is 5.82 Å². The highest BCUT2D eigenvalue weighted by molar-refractivity contribution is 7.14. The first-order valence-electron chi connectivity index (χ1n) is 9.58. The fourth-order valence-corrected chi connectivity index (χ4v) is 4.02. The van der Waals surface area contributed by atoms with Crippen LogP contribution in [0, 0.1) is 6.92 Å². The quantitative estimate of drug-likeness (QED) is 0.536. The van der Waals surface area contributed by atoms with Gasteiger partial charge in [0.05, 0.1) is 10.6 Å². The number of aromatic nitrogens is 3. The van der Waals surface area contributed by atoms with Crippen LogP contribution in [0.2, 0.25) is 0 Å². The molecule has 1 aliphatic heterocycles. The molecule has 3 N–H and O–H groups in total. The number of thiophene rings is 1. The number of amides is 1. The zero-order chi connectivity index (χ0) is 23.3. The molecule has 1 amide bonds. The second kappa shape index (κ2) is 9.92. The molecular formula is C20H20F3N5O3S. The maximum Gasteiger partial charge on any atom is 0.490 e. The summed E-state index contributed by atoms with van der Waals surface area (Å²) in [4.78, 5) is 27.8. The largest absolute Gasteiger partial charge is 0.490 e. The number of alkyl halides is 3. The second-order valence-electron chi connectivity index (χ2n) is 6.88. The zero-order valence-electron chi connectivity index (χ0n) is 16.9. The van der Waals surface area contributed by atoms with Gasteiger partial charge in [0, 0.05) is 23.2 Å². The molecule has 1 unspecified atom stereocenters. The Morgan fingerprint density at radius 2 is 2.03 bits per heavy atom. The Morgan fingerprint density at radius 1 is 1.28 bits per heavy atom. The molecule has 0 radical (unpaired) electrons. The molecule has 0 spiro atoms. The molecule has 4 heterocycles. The number of hydrogen-bond acceptors (Lipinski definition) is 6. The van der Waals surface area contributed by atoms with Gasteiger partial charge in [0.25, 0.3) is 5.91 Å². The van der Waals surface area contributed by atoms with Gasteiger partial charge in [0.15, 0.2) is 5.82 Å². The number of rotatable bonds is 4. The number of carboxylic acids is 1. The Balaban J connectivity index is 0.000000360. The minimum Gasteiger partial charge on any atom is -0.475 e. The van der Waals surface area contributed by atoms with Crippen LogP contribution in [-0.4, -0.2) is 44.5 Å². The van der Waals surface area contributed by atoms with Gasteiger partial charge in [0.2, 0.25) is 0 Å². The molecule has 0 aromatic carbocycles. The van der Waals surface area contributed by atoms with E-state index in [1.807, 2.05) is 43.3 Å². The standard InChI is InChI=1S/C18H19N5OS.C2HF3O2/c1-12-11-17(23(22-12)16-6-2-3-9-20-16)21-18(24)15-8-7-14(25-15)13-5-4-10-19-13;3-2(4,5)1(6)7/h2-3,6-9,11,13,19H,4-5,10H2,1H3,(H,21,24);(H,6,7). The molecule has 4 rings (SSSR count). The van der Waals surface area contributed by atoms with Crippen molar-refractivity contribution in [2.45, 2.75) is 32.0 Å². The first-order chi connectivity index (χ1) is 15.1. The monoisotopic (exact) mass is 467 g/mol. The van der Waals surface area contributed by atoms with Crippen molar-refractivity contribution in [1.82, 2.24) is 20.1 Å². The predicted molar refractivity (Wildman–Crippen MR) is 112 cm³/mol. The molecule has 1 atom stereocenters. The SMILES string of the molecule is Cc1cc(NC(=O)c2ccc(C3CCCN3)s2)n(-c2ccccn2)n1.O=C(O)C(F)(F)F. The number of nitrogens with one attached hydrogen (secondary N) is 2. The van der Waals surface area contributed by atoms with Gasteiger partial charge in [0.1, 0.15) is 5.82 Å². The molecule has 0 saturated carbocycles. The topological polar surface area (TPSA) is 109 Å². The molecule has 1 aliphatic rings. The van der Waals surface area contributed by atoms with E-state index >= 15 is 0 Å². The summed E-state index contributed by atoms with van der Waals surface area (Å²) < 4.78 is 33.4. The third-order valence-electron chi connectivity index (χ3n) is 4.44. The molecule has 12 heteroatoms. The highest BCUT2D eigenvalue weighted by atomic mass is 32.1. The minimum absolute atomic E-state index is 0.119. The van der Waals surface area contributed by atoms with Crippen LogP contribution < -0.4 is 10.6 Å². The van der Waals surface area contributed by atoms with Gasteiger partial charge in [-0.1, -0.05) is 6.07 Å². The van der Waals surface area contributed by atoms with E-state index in [2.05, 4.69) is 20.7 Å². The van der Waals surface area contributed by atoms with Crippen LogP contribution in [0.1, 0.15) is 39.1 Å². The number of nitrogens with zero attached hydrogens (tertiary/aromatic N) is 3. The van der Waals surface area contributed by atoms with Crippen LogP contribution in [0.4, 0.5) is 19.0 Å². The average Bonchev–Trinajstić information content (AvgIpc) is 3.49. The number of carbonyl (C=O) groups is 2. The van der Waals surface area contributed by atoms with Crippen molar-refractivity contribution < 1.29 is 27.9 Å². The van der Waals surface area contributed by atoms with Gasteiger partial charge in [-0.15, -0.1) is 11.3 Å². The van der Waals surface area contributed by atoms with Crippen molar-refractivity contribution in [3.63, 3.8) is 0 Å². The third kappa shape index (κ3) is 5.92. The van der Waals surface area contributed by atoms with E-state index in [1.54, 1.807) is 22.2 Å². The van der Waals surface area contributed by atoms with Crippen LogP contribution in [0.15, 0.2) is 42.6 Å². The van der Waals surface area contributed by atoms with Crippen molar-refractivity contribution in [2.24, 2.45) is 0 Å². The van der Waals surface area contributed by atoms with Crippen LogP contribution >= 0.6 is 11.3 Å². The first kappa shape index (κ1) is 23.4. The molecule has 8 nitrogen and oxygen atoms in total. The summed E-state index contributed by atoms with van der Waals surface area (Å²) in [7, 11) is 0. The number of aliphatic carboxylic acids is 1. The van der Waals surface area contributed by atoms with E-state index in [0.29, 0.717) is 22.6 Å². The number of halogens is 3. The number of pyridine rings is 1. The summed E-state index contributed by atoms with van der Waals surface area (Å²) in [6.07, 6.45) is -1.06. The van der Waals surface area contributed by atoms with Crippen LogP contribution in [0.25, 0.3) is 5.82 Å². The van der Waals surface area contributed by atoms with E-state index in [0.717, 1.165) is 18.7 Å². The molecule has 1 saturated heterocycles. The van der Waals surface area contributed by atoms with E-state index in [-0.39, 0.29) is 5.91 Å². The summed E-state index contributed by atoms with van der Waals surface area (Å²) in [5.74, 6) is -1.58. The molecule has 0 bridgehead atoms. The fraction of sp³-hybridized carbons (Fsp3) is 0.300. The molecule has 32 heavy (non-hydrogen) atoms. The van der Waals surface area contributed by atoms with Crippen LogP contribution in [-0.2, 0) is 4.79 Å². The predicted octanol–water partition coefficient (Wildman–Crippen LogP) is 3.95. The average molecular weight is 467 g/mol. The summed E-state index contributed by atoms with van der Waals surface area (Å²) in [6, 6.07) is 11.8. The van der Waals surface area contributed by atoms with E-state index < -0.39 is 12.1 Å². The molecule has 0 aliphatic carbocycles. The summed E-state index contributed by atoms with van der Waals surface area (Å²) in [5, 5.41) is 18.0. The van der Waals surface area contributed by atoms with E-state index in [4.69, 9.17) is 9.90 Å². The van der Waals surface area contributed by atoms with Gasteiger partial charge >= 0.3 is 12.1 Å². The van der Waals surface area contributed by atoms with Crippen molar-refractivity contribution in [3.05, 3.63) is 58.0 Å². The lowest BCUT2D eigenvalue weighted by atomic mass is 10.2. The van der Waals surface area contributed by atoms with Crippen LogP contribution in [0.5, 0.6) is 0 Å². The number of anilines is 1. The van der Waals surface area contributed by atoms with Gasteiger partial charge in [-0.3, -0.25) is 4.79 Å². The fourth-order valence-electron chi connectivity index (χ4n) is 3.01. The summed E-state index contributed by atoms with van der Waals surface area (Å²) in [5.41, 5.74) is 0.822. The number of hydrogen-bond donors (Lipinski definition) is 3. The van der Waals surface area contributed by atoms with Crippen molar-refractivity contribution in [2.75, 3.05) is 11.9 Å². The number of carbonyl (C=O) groups excluding carboxylic acids is 1. The second-order valence-corrected chi connectivity index (χ2v) is 7.99. The number of carboxylic acid groups (broad SMARTS) is 1. The number of aryl methyl sites for hydroxylation is 1. The molecule has 1 fully saturated rings. The molecule has 170 valence electrons. The Labute approximate surface area is 185 Å². The molecular weight excluding hydrogens is 447 g/mol. The lowest BCUT2D eigenvalue weighted by molar-refractivity contribution is -0.192. The zero-order valence-corrected chi connectivity index (χ0v) is 17.7. The van der Waals surface area contributed by atoms with Gasteiger partial charge < -0.3 is 15.7 Å². The van der Waals surface area contributed by atoms with Gasteiger partial charge in [-0.2, -0.15) is 23.0 Å². The van der Waals surface area contributed by atoms with E-state index in [1.165, 1.54) is 11.3 Å². The van der Waals surface area contributed by atoms with E-state index in [9.17, 15) is 18.0 Å².